The van der Waals surface area contributed by atoms with E-state index in [1.165, 1.54) is 0 Å². The molecule has 0 saturated carbocycles. The summed E-state index contributed by atoms with van der Waals surface area (Å²) in [5.41, 5.74) is 0. The fourth-order valence-electron chi connectivity index (χ4n) is 1.28. The van der Waals surface area contributed by atoms with Crippen molar-refractivity contribution in [3.05, 3.63) is 0 Å². The van der Waals surface area contributed by atoms with E-state index in [1.807, 2.05) is 0 Å². The van der Waals surface area contributed by atoms with Crippen LogP contribution in [0.5, 0.6) is 0 Å². The van der Waals surface area contributed by atoms with Crippen LogP contribution in [0.4, 0.5) is 0 Å². The van der Waals surface area contributed by atoms with Crippen LogP contribution in [-0.2, 0) is 4.79 Å². The molecule has 0 aromatic carbocycles. The molecule has 0 aliphatic heterocycles. The molecule has 2 heteroatoms. The van der Waals surface area contributed by atoms with Crippen LogP contribution in [0.1, 0.15) is 52.4 Å². The molecular formula is C10H19O2-. The zero-order valence-electron chi connectivity index (χ0n) is 8.14. The number of rotatable bonds is 7. The van der Waals surface area contributed by atoms with Crippen LogP contribution in [0.25, 0.3) is 0 Å². The SMILES string of the molecule is CCCCC(CCCC)C(=O)[O-]. The van der Waals surface area contributed by atoms with E-state index >= 15 is 0 Å². The van der Waals surface area contributed by atoms with E-state index in [9.17, 15) is 9.90 Å². The second-order valence-corrected chi connectivity index (χ2v) is 3.30. The molecule has 2 nitrogen and oxygen atoms in total. The third kappa shape index (κ3) is 5.16. The topological polar surface area (TPSA) is 40.1 Å². The van der Waals surface area contributed by atoms with E-state index in [-0.39, 0.29) is 5.92 Å². The van der Waals surface area contributed by atoms with Crippen molar-refractivity contribution in [2.45, 2.75) is 52.4 Å². The summed E-state index contributed by atoms with van der Waals surface area (Å²) in [6, 6.07) is 0. The zero-order chi connectivity index (χ0) is 9.40. The maximum absolute atomic E-state index is 10.6. The first-order chi connectivity index (χ1) is 5.72. The fourth-order valence-corrected chi connectivity index (χ4v) is 1.28. The second-order valence-electron chi connectivity index (χ2n) is 3.30. The van der Waals surface area contributed by atoms with Gasteiger partial charge in [0.2, 0.25) is 0 Å². The third-order valence-corrected chi connectivity index (χ3v) is 2.15. The summed E-state index contributed by atoms with van der Waals surface area (Å²) in [5, 5.41) is 10.6. The van der Waals surface area contributed by atoms with Crippen LogP contribution in [0, 0.1) is 5.92 Å². The average Bonchev–Trinajstić information content (AvgIpc) is 2.04. The number of hydrogen-bond acceptors (Lipinski definition) is 2. The number of carboxylic acid groups (broad SMARTS) is 1. The minimum Gasteiger partial charge on any atom is -0.550 e. The van der Waals surface area contributed by atoms with Gasteiger partial charge in [0.05, 0.1) is 0 Å². The number of unbranched alkanes of at least 4 members (excludes halogenated alkanes) is 2. The largest absolute Gasteiger partial charge is 0.550 e. The Labute approximate surface area is 75.0 Å². The zero-order valence-corrected chi connectivity index (χ0v) is 8.14. The van der Waals surface area contributed by atoms with Gasteiger partial charge in [0.25, 0.3) is 0 Å². The highest BCUT2D eigenvalue weighted by atomic mass is 16.4. The lowest BCUT2D eigenvalue weighted by Gasteiger charge is -2.16. The summed E-state index contributed by atoms with van der Waals surface area (Å²) in [6.45, 7) is 4.15. The summed E-state index contributed by atoms with van der Waals surface area (Å²) in [7, 11) is 0. The molecule has 0 fully saturated rings. The van der Waals surface area contributed by atoms with Crippen LogP contribution in [0.3, 0.4) is 0 Å². The van der Waals surface area contributed by atoms with E-state index in [2.05, 4.69) is 13.8 Å². The van der Waals surface area contributed by atoms with E-state index in [0.29, 0.717) is 0 Å². The molecule has 0 saturated heterocycles. The van der Waals surface area contributed by atoms with Crippen molar-refractivity contribution >= 4 is 5.97 Å². The average molecular weight is 171 g/mol. The van der Waals surface area contributed by atoms with E-state index in [1.54, 1.807) is 0 Å². The Balaban J connectivity index is 3.62. The van der Waals surface area contributed by atoms with Crippen LogP contribution in [-0.4, -0.2) is 5.97 Å². The molecular weight excluding hydrogens is 152 g/mol. The normalized spacial score (nSPS) is 10.6. The number of carbonyl (C=O) groups is 1. The maximum Gasteiger partial charge on any atom is 0.0445 e. The highest BCUT2D eigenvalue weighted by Gasteiger charge is 2.07. The van der Waals surface area contributed by atoms with Gasteiger partial charge in [-0.15, -0.1) is 0 Å². The van der Waals surface area contributed by atoms with Crippen molar-refractivity contribution in [2.24, 2.45) is 5.92 Å². The molecule has 0 bridgehead atoms. The highest BCUT2D eigenvalue weighted by molar-refractivity contribution is 5.67. The Hall–Kier alpha value is -0.530. The second kappa shape index (κ2) is 7.14. The van der Waals surface area contributed by atoms with Gasteiger partial charge in [0.15, 0.2) is 0 Å². The number of carbonyl (C=O) groups excluding carboxylic acids is 1. The minimum absolute atomic E-state index is 0.204. The van der Waals surface area contributed by atoms with Gasteiger partial charge in [-0.05, 0) is 18.8 Å². The molecule has 0 aliphatic rings. The van der Waals surface area contributed by atoms with Gasteiger partial charge in [0.1, 0.15) is 0 Å². The van der Waals surface area contributed by atoms with Gasteiger partial charge in [-0.2, -0.15) is 0 Å². The number of aliphatic carboxylic acids is 1. The lowest BCUT2D eigenvalue weighted by molar-refractivity contribution is -0.312. The molecule has 72 valence electrons. The van der Waals surface area contributed by atoms with Crippen LogP contribution in [0.15, 0.2) is 0 Å². The molecule has 0 N–H and O–H groups in total. The Morgan fingerprint density at radius 2 is 1.58 bits per heavy atom. The minimum atomic E-state index is -0.864. The van der Waals surface area contributed by atoms with E-state index < -0.39 is 5.97 Å². The van der Waals surface area contributed by atoms with E-state index in [4.69, 9.17) is 0 Å². The standard InChI is InChI=1S/C10H20O2/c1-3-5-7-9(10(11)12)8-6-4-2/h9H,3-8H2,1-2H3,(H,11,12)/p-1. The predicted octanol–water partition coefficient (Wildman–Crippen LogP) is 1.73. The lowest BCUT2D eigenvalue weighted by Crippen LogP contribution is -2.31. The quantitative estimate of drug-likeness (QED) is 0.585. The summed E-state index contributed by atoms with van der Waals surface area (Å²) in [4.78, 5) is 10.6. The Morgan fingerprint density at radius 3 is 1.83 bits per heavy atom. The van der Waals surface area contributed by atoms with Crippen molar-refractivity contribution in [2.75, 3.05) is 0 Å². The van der Waals surface area contributed by atoms with Crippen molar-refractivity contribution in [1.82, 2.24) is 0 Å². The third-order valence-electron chi connectivity index (χ3n) is 2.15. The van der Waals surface area contributed by atoms with Gasteiger partial charge in [-0.25, -0.2) is 0 Å². The van der Waals surface area contributed by atoms with Gasteiger partial charge >= 0.3 is 0 Å². The monoisotopic (exact) mass is 171 g/mol. The molecule has 0 aromatic heterocycles. The highest BCUT2D eigenvalue weighted by Crippen LogP contribution is 2.14. The summed E-state index contributed by atoms with van der Waals surface area (Å²) in [6.07, 6.45) is 5.72. The molecule has 12 heavy (non-hydrogen) atoms. The molecule has 0 unspecified atom stereocenters. The molecule has 0 aliphatic carbocycles. The first kappa shape index (κ1) is 11.5. The van der Waals surface area contributed by atoms with Crippen LogP contribution < -0.4 is 5.11 Å². The lowest BCUT2D eigenvalue weighted by atomic mass is 9.96. The molecule has 0 aromatic rings. The molecule has 0 spiro atoms. The van der Waals surface area contributed by atoms with Crippen molar-refractivity contribution in [3.8, 4) is 0 Å². The predicted molar refractivity (Wildman–Crippen MR) is 47.5 cm³/mol. The Bertz CT molecular complexity index is 113. The van der Waals surface area contributed by atoms with Crippen molar-refractivity contribution < 1.29 is 9.90 Å². The summed E-state index contributed by atoms with van der Waals surface area (Å²) in [5.74, 6) is -1.07. The maximum atomic E-state index is 10.6. The summed E-state index contributed by atoms with van der Waals surface area (Å²) >= 11 is 0. The van der Waals surface area contributed by atoms with Gasteiger partial charge in [-0.3, -0.25) is 0 Å². The smallest absolute Gasteiger partial charge is 0.0445 e. The Kier molecular flexibility index (Phi) is 6.82. The molecule has 0 heterocycles. The number of carboxylic acids is 1. The first-order valence-corrected chi connectivity index (χ1v) is 4.93. The molecule has 0 rings (SSSR count). The van der Waals surface area contributed by atoms with Crippen molar-refractivity contribution in [1.29, 1.82) is 0 Å². The van der Waals surface area contributed by atoms with Crippen LogP contribution >= 0.6 is 0 Å². The Morgan fingerprint density at radius 1 is 1.17 bits per heavy atom. The molecule has 0 radical (unpaired) electrons. The summed E-state index contributed by atoms with van der Waals surface area (Å²) < 4.78 is 0. The van der Waals surface area contributed by atoms with E-state index in [0.717, 1.165) is 38.5 Å². The first-order valence-electron chi connectivity index (χ1n) is 4.93. The van der Waals surface area contributed by atoms with Crippen LogP contribution in [0.2, 0.25) is 0 Å². The van der Waals surface area contributed by atoms with Gasteiger partial charge in [-0.1, -0.05) is 39.5 Å². The number of hydrogen-bond donors (Lipinski definition) is 0. The fraction of sp³-hybridized carbons (Fsp3) is 0.900. The molecule has 0 atom stereocenters. The van der Waals surface area contributed by atoms with Crippen molar-refractivity contribution in [3.63, 3.8) is 0 Å². The molecule has 0 amide bonds. The van der Waals surface area contributed by atoms with Gasteiger partial charge in [0, 0.05) is 5.97 Å². The van der Waals surface area contributed by atoms with Gasteiger partial charge < -0.3 is 9.90 Å².